The Morgan fingerprint density at radius 1 is 0.889 bits per heavy atom. The lowest BCUT2D eigenvalue weighted by Gasteiger charge is -2.13. The Morgan fingerprint density at radius 2 is 1.74 bits per heavy atom. The SMILES string of the molecule is c1ccc(Oc2ccccc2Nc2ccnc(NCc3ccco3)n2)cc1. The molecule has 0 atom stereocenters. The molecule has 0 saturated heterocycles. The van der Waals surface area contributed by atoms with Gasteiger partial charge in [-0.25, -0.2) is 4.98 Å². The van der Waals surface area contributed by atoms with Gasteiger partial charge in [0.1, 0.15) is 17.3 Å². The van der Waals surface area contributed by atoms with Crippen molar-refractivity contribution >= 4 is 17.5 Å². The number of nitrogens with zero attached hydrogens (tertiary/aromatic N) is 2. The molecule has 2 N–H and O–H groups in total. The predicted molar refractivity (Wildman–Crippen MR) is 104 cm³/mol. The fourth-order valence-electron chi connectivity index (χ4n) is 2.51. The van der Waals surface area contributed by atoms with Gasteiger partial charge in [0.2, 0.25) is 5.95 Å². The van der Waals surface area contributed by atoms with Gasteiger partial charge in [-0.15, -0.1) is 0 Å². The van der Waals surface area contributed by atoms with E-state index in [2.05, 4.69) is 20.6 Å². The van der Waals surface area contributed by atoms with Crippen LogP contribution in [0.1, 0.15) is 5.76 Å². The fraction of sp³-hybridized carbons (Fsp3) is 0.0476. The summed E-state index contributed by atoms with van der Waals surface area (Å²) in [5.74, 6) is 3.48. The number of nitrogens with one attached hydrogen (secondary N) is 2. The Morgan fingerprint density at radius 3 is 2.59 bits per heavy atom. The first-order chi connectivity index (χ1) is 13.4. The molecule has 4 rings (SSSR count). The van der Waals surface area contributed by atoms with Gasteiger partial charge in [0.15, 0.2) is 5.75 Å². The van der Waals surface area contributed by atoms with Crippen molar-refractivity contribution in [2.45, 2.75) is 6.54 Å². The van der Waals surface area contributed by atoms with Gasteiger partial charge in [-0.3, -0.25) is 0 Å². The van der Waals surface area contributed by atoms with Crippen molar-refractivity contribution in [2.24, 2.45) is 0 Å². The number of hydrogen-bond acceptors (Lipinski definition) is 6. The smallest absolute Gasteiger partial charge is 0.224 e. The number of hydrogen-bond donors (Lipinski definition) is 2. The molecular formula is C21H18N4O2. The number of aromatic nitrogens is 2. The van der Waals surface area contributed by atoms with E-state index in [1.54, 1.807) is 18.5 Å². The molecule has 0 aliphatic carbocycles. The number of benzene rings is 2. The first-order valence-corrected chi connectivity index (χ1v) is 8.55. The Kier molecular flexibility index (Phi) is 4.97. The molecule has 0 aliphatic rings. The molecule has 2 aromatic heterocycles. The summed E-state index contributed by atoms with van der Waals surface area (Å²) in [6.07, 6.45) is 3.33. The van der Waals surface area contributed by atoms with E-state index in [9.17, 15) is 0 Å². The molecule has 0 bridgehead atoms. The molecule has 2 aromatic carbocycles. The van der Waals surface area contributed by atoms with E-state index in [0.29, 0.717) is 24.1 Å². The van der Waals surface area contributed by atoms with Crippen molar-refractivity contribution in [2.75, 3.05) is 10.6 Å². The summed E-state index contributed by atoms with van der Waals surface area (Å²) in [7, 11) is 0. The van der Waals surface area contributed by atoms with Crippen LogP contribution in [0.4, 0.5) is 17.5 Å². The summed E-state index contributed by atoms with van der Waals surface area (Å²) >= 11 is 0. The van der Waals surface area contributed by atoms with Crippen LogP contribution in [0.15, 0.2) is 89.7 Å². The molecule has 6 heteroatoms. The van der Waals surface area contributed by atoms with Gasteiger partial charge in [-0.1, -0.05) is 30.3 Å². The van der Waals surface area contributed by atoms with Gasteiger partial charge in [-0.2, -0.15) is 4.98 Å². The molecule has 0 unspecified atom stereocenters. The van der Waals surface area contributed by atoms with E-state index in [0.717, 1.165) is 17.2 Å². The van der Waals surface area contributed by atoms with Gasteiger partial charge >= 0.3 is 0 Å². The van der Waals surface area contributed by atoms with Crippen molar-refractivity contribution in [1.82, 2.24) is 9.97 Å². The maximum absolute atomic E-state index is 5.97. The third-order valence-corrected chi connectivity index (χ3v) is 3.78. The summed E-state index contributed by atoms with van der Waals surface area (Å²) in [6, 6.07) is 22.9. The van der Waals surface area contributed by atoms with Gasteiger partial charge < -0.3 is 19.8 Å². The van der Waals surface area contributed by atoms with E-state index in [-0.39, 0.29) is 0 Å². The quantitative estimate of drug-likeness (QED) is 0.472. The van der Waals surface area contributed by atoms with E-state index in [1.165, 1.54) is 0 Å². The number of furan rings is 1. The minimum Gasteiger partial charge on any atom is -0.467 e. The maximum Gasteiger partial charge on any atom is 0.224 e. The van der Waals surface area contributed by atoms with E-state index >= 15 is 0 Å². The van der Waals surface area contributed by atoms with Crippen molar-refractivity contribution in [1.29, 1.82) is 0 Å². The molecule has 0 fully saturated rings. The van der Waals surface area contributed by atoms with E-state index < -0.39 is 0 Å². The number of rotatable bonds is 7. The molecule has 27 heavy (non-hydrogen) atoms. The molecular weight excluding hydrogens is 340 g/mol. The van der Waals surface area contributed by atoms with Crippen LogP contribution in [0, 0.1) is 0 Å². The largest absolute Gasteiger partial charge is 0.467 e. The highest BCUT2D eigenvalue weighted by Gasteiger charge is 2.07. The van der Waals surface area contributed by atoms with Gasteiger partial charge in [0.25, 0.3) is 0 Å². The normalized spacial score (nSPS) is 10.4. The lowest BCUT2D eigenvalue weighted by atomic mass is 10.3. The number of anilines is 3. The zero-order chi connectivity index (χ0) is 18.3. The van der Waals surface area contributed by atoms with Crippen molar-refractivity contribution in [3.63, 3.8) is 0 Å². The number of ether oxygens (including phenoxy) is 1. The molecule has 2 heterocycles. The Hall–Kier alpha value is -3.80. The fourth-order valence-corrected chi connectivity index (χ4v) is 2.51. The Bertz CT molecular complexity index is 988. The van der Waals surface area contributed by atoms with Crippen LogP contribution in [0.3, 0.4) is 0 Å². The predicted octanol–water partition coefficient (Wildman–Crippen LogP) is 5.22. The summed E-state index contributed by atoms with van der Waals surface area (Å²) in [6.45, 7) is 0.518. The maximum atomic E-state index is 5.97. The first kappa shape index (κ1) is 16.7. The Labute approximate surface area is 156 Å². The third kappa shape index (κ3) is 4.43. The van der Waals surface area contributed by atoms with Crippen molar-refractivity contribution < 1.29 is 9.15 Å². The van der Waals surface area contributed by atoms with Crippen LogP contribution in [-0.2, 0) is 6.54 Å². The molecule has 0 radical (unpaired) electrons. The zero-order valence-corrected chi connectivity index (χ0v) is 14.5. The average molecular weight is 358 g/mol. The minimum absolute atomic E-state index is 0.512. The average Bonchev–Trinajstić information content (AvgIpc) is 3.23. The lowest BCUT2D eigenvalue weighted by molar-refractivity contribution is 0.485. The molecule has 4 aromatic rings. The van der Waals surface area contributed by atoms with E-state index in [1.807, 2.05) is 66.7 Å². The highest BCUT2D eigenvalue weighted by atomic mass is 16.5. The standard InChI is InChI=1S/C21H18N4O2/c1-2-7-16(8-3-1)27-19-11-5-4-10-18(19)24-20-12-13-22-21(25-20)23-15-17-9-6-14-26-17/h1-14H,15H2,(H2,22,23,24,25). The number of para-hydroxylation sites is 3. The Balaban J connectivity index is 1.48. The topological polar surface area (TPSA) is 72.2 Å². The lowest BCUT2D eigenvalue weighted by Crippen LogP contribution is -2.04. The molecule has 0 amide bonds. The van der Waals surface area contributed by atoms with Gasteiger partial charge in [0.05, 0.1) is 18.5 Å². The summed E-state index contributed by atoms with van der Waals surface area (Å²) in [4.78, 5) is 8.72. The van der Waals surface area contributed by atoms with Gasteiger partial charge in [0, 0.05) is 6.20 Å². The summed E-state index contributed by atoms with van der Waals surface area (Å²) in [5, 5.41) is 6.43. The summed E-state index contributed by atoms with van der Waals surface area (Å²) < 4.78 is 11.3. The summed E-state index contributed by atoms with van der Waals surface area (Å²) in [5.41, 5.74) is 0.817. The monoisotopic (exact) mass is 358 g/mol. The molecule has 134 valence electrons. The molecule has 0 spiro atoms. The van der Waals surface area contributed by atoms with Crippen LogP contribution in [-0.4, -0.2) is 9.97 Å². The van der Waals surface area contributed by atoms with Crippen molar-refractivity contribution in [3.8, 4) is 11.5 Å². The van der Waals surface area contributed by atoms with Crippen molar-refractivity contribution in [3.05, 3.63) is 91.0 Å². The molecule has 6 nitrogen and oxygen atoms in total. The van der Waals surface area contributed by atoms with Crippen LogP contribution in [0.25, 0.3) is 0 Å². The van der Waals surface area contributed by atoms with Crippen LogP contribution < -0.4 is 15.4 Å². The zero-order valence-electron chi connectivity index (χ0n) is 14.5. The van der Waals surface area contributed by atoms with Crippen LogP contribution in [0.2, 0.25) is 0 Å². The third-order valence-electron chi connectivity index (χ3n) is 3.78. The first-order valence-electron chi connectivity index (χ1n) is 8.55. The van der Waals surface area contributed by atoms with Crippen LogP contribution >= 0.6 is 0 Å². The molecule has 0 saturated carbocycles. The highest BCUT2D eigenvalue weighted by Crippen LogP contribution is 2.31. The van der Waals surface area contributed by atoms with Crippen LogP contribution in [0.5, 0.6) is 11.5 Å². The second-order valence-electron chi connectivity index (χ2n) is 5.73. The van der Waals surface area contributed by atoms with Gasteiger partial charge in [-0.05, 0) is 42.5 Å². The highest BCUT2D eigenvalue weighted by molar-refractivity contribution is 5.65. The molecule has 0 aliphatic heterocycles. The minimum atomic E-state index is 0.512. The second kappa shape index (κ2) is 8.05. The second-order valence-corrected chi connectivity index (χ2v) is 5.73. The van der Waals surface area contributed by atoms with E-state index in [4.69, 9.17) is 9.15 Å².